The zero-order valence-electron chi connectivity index (χ0n) is 13.8. The molecule has 0 bridgehead atoms. The molecule has 0 fully saturated rings. The Morgan fingerprint density at radius 3 is 2.67 bits per heavy atom. The Labute approximate surface area is 139 Å². The summed E-state index contributed by atoms with van der Waals surface area (Å²) in [6, 6.07) is 6.80. The molecule has 0 saturated heterocycles. The zero-order chi connectivity index (χ0) is 17.7. The fourth-order valence-electron chi connectivity index (χ4n) is 2.07. The smallest absolute Gasteiger partial charge is 0.308 e. The normalized spacial score (nSPS) is 11.8. The molecule has 0 aliphatic rings. The van der Waals surface area contributed by atoms with Crippen LogP contribution in [-0.4, -0.2) is 28.7 Å². The first-order valence-electron chi connectivity index (χ1n) is 7.54. The van der Waals surface area contributed by atoms with Gasteiger partial charge in [-0.05, 0) is 26.0 Å². The molecule has 128 valence electrons. The summed E-state index contributed by atoms with van der Waals surface area (Å²) in [4.78, 5) is 23.1. The molecule has 1 unspecified atom stereocenters. The first kappa shape index (κ1) is 17.5. The predicted octanol–water partition coefficient (Wildman–Crippen LogP) is 2.32. The lowest BCUT2D eigenvalue weighted by Crippen LogP contribution is -2.31. The van der Waals surface area contributed by atoms with Gasteiger partial charge in [0, 0.05) is 6.54 Å². The third kappa shape index (κ3) is 4.13. The molecule has 1 aromatic heterocycles. The summed E-state index contributed by atoms with van der Waals surface area (Å²) in [6.07, 6.45) is 0. The van der Waals surface area contributed by atoms with Crippen molar-refractivity contribution in [2.75, 3.05) is 6.54 Å². The molecule has 1 amide bonds. The highest BCUT2D eigenvalue weighted by Crippen LogP contribution is 2.21. The van der Waals surface area contributed by atoms with Crippen molar-refractivity contribution in [1.29, 1.82) is 0 Å². The van der Waals surface area contributed by atoms with E-state index in [9.17, 15) is 9.59 Å². The Balaban J connectivity index is 2.07. The van der Waals surface area contributed by atoms with Gasteiger partial charge in [-0.2, -0.15) is 0 Å². The summed E-state index contributed by atoms with van der Waals surface area (Å²) in [7, 11) is 0. The van der Waals surface area contributed by atoms with Crippen LogP contribution in [0.4, 0.5) is 0 Å². The lowest BCUT2D eigenvalue weighted by atomic mass is 10.1. The number of aryl methyl sites for hydroxylation is 2. The van der Waals surface area contributed by atoms with E-state index in [0.29, 0.717) is 17.1 Å². The SMILES string of the molecule is Cc1noc(C)c1COc1ccccc1C(=O)NCC(C)C(=O)O. The van der Waals surface area contributed by atoms with Crippen molar-refractivity contribution in [3.05, 3.63) is 46.8 Å². The van der Waals surface area contributed by atoms with E-state index in [2.05, 4.69) is 10.5 Å². The van der Waals surface area contributed by atoms with Crippen LogP contribution < -0.4 is 10.1 Å². The third-order valence-electron chi connectivity index (χ3n) is 3.68. The van der Waals surface area contributed by atoms with E-state index in [1.807, 2.05) is 6.92 Å². The molecule has 0 aliphatic carbocycles. The number of aliphatic carboxylic acids is 1. The number of ether oxygens (including phenoxy) is 1. The van der Waals surface area contributed by atoms with E-state index in [4.69, 9.17) is 14.4 Å². The highest BCUT2D eigenvalue weighted by molar-refractivity contribution is 5.97. The Hall–Kier alpha value is -2.83. The number of hydrogen-bond donors (Lipinski definition) is 2. The first-order valence-corrected chi connectivity index (χ1v) is 7.54. The molecule has 24 heavy (non-hydrogen) atoms. The van der Waals surface area contributed by atoms with Gasteiger partial charge in [0.15, 0.2) is 0 Å². The summed E-state index contributed by atoms with van der Waals surface area (Å²) in [5.74, 6) is -0.914. The maximum atomic E-state index is 12.3. The number of amides is 1. The number of carbonyl (C=O) groups excluding carboxylic acids is 1. The van der Waals surface area contributed by atoms with E-state index in [1.165, 1.54) is 6.92 Å². The lowest BCUT2D eigenvalue weighted by molar-refractivity contribution is -0.140. The van der Waals surface area contributed by atoms with Gasteiger partial charge in [-0.3, -0.25) is 9.59 Å². The molecule has 2 aromatic rings. The van der Waals surface area contributed by atoms with Crippen molar-refractivity contribution in [3.63, 3.8) is 0 Å². The molecule has 1 atom stereocenters. The fraction of sp³-hybridized carbons (Fsp3) is 0.353. The minimum atomic E-state index is -0.960. The standard InChI is InChI=1S/C17H20N2O5/c1-10(17(21)22)8-18-16(20)13-6-4-5-7-15(13)23-9-14-11(2)19-24-12(14)3/h4-7,10H,8-9H2,1-3H3,(H,18,20)(H,21,22). The van der Waals surface area contributed by atoms with Gasteiger partial charge in [-0.25, -0.2) is 0 Å². The van der Waals surface area contributed by atoms with E-state index in [-0.39, 0.29) is 19.1 Å². The molecule has 2 rings (SSSR count). The van der Waals surface area contributed by atoms with Gasteiger partial charge < -0.3 is 19.7 Å². The molecule has 7 nitrogen and oxygen atoms in total. The lowest BCUT2D eigenvalue weighted by Gasteiger charge is -2.12. The Kier molecular flexibility index (Phi) is 5.57. The van der Waals surface area contributed by atoms with Crippen LogP contribution in [0.1, 0.15) is 34.3 Å². The molecular formula is C17H20N2O5. The highest BCUT2D eigenvalue weighted by Gasteiger charge is 2.17. The van der Waals surface area contributed by atoms with E-state index in [0.717, 1.165) is 11.3 Å². The van der Waals surface area contributed by atoms with Gasteiger partial charge in [0.2, 0.25) is 0 Å². The maximum Gasteiger partial charge on any atom is 0.308 e. The molecule has 0 radical (unpaired) electrons. The van der Waals surface area contributed by atoms with E-state index < -0.39 is 11.9 Å². The maximum absolute atomic E-state index is 12.3. The summed E-state index contributed by atoms with van der Waals surface area (Å²) in [5, 5.41) is 15.3. The average molecular weight is 332 g/mol. The highest BCUT2D eigenvalue weighted by atomic mass is 16.5. The van der Waals surface area contributed by atoms with Crippen molar-refractivity contribution in [2.24, 2.45) is 5.92 Å². The van der Waals surface area contributed by atoms with Crippen molar-refractivity contribution in [3.8, 4) is 5.75 Å². The number of para-hydroxylation sites is 1. The zero-order valence-corrected chi connectivity index (χ0v) is 13.8. The number of carbonyl (C=O) groups is 2. The average Bonchev–Trinajstić information content (AvgIpc) is 2.88. The second-order valence-electron chi connectivity index (χ2n) is 5.54. The van der Waals surface area contributed by atoms with Crippen molar-refractivity contribution in [1.82, 2.24) is 10.5 Å². The first-order chi connectivity index (χ1) is 11.4. The van der Waals surface area contributed by atoms with Gasteiger partial charge in [0.05, 0.1) is 22.7 Å². The number of aromatic nitrogens is 1. The van der Waals surface area contributed by atoms with Crippen LogP contribution in [0, 0.1) is 19.8 Å². The summed E-state index contributed by atoms with van der Waals surface area (Å²) in [5.41, 5.74) is 1.93. The van der Waals surface area contributed by atoms with Crippen LogP contribution in [-0.2, 0) is 11.4 Å². The summed E-state index contributed by atoms with van der Waals surface area (Å²) >= 11 is 0. The molecule has 1 aromatic carbocycles. The van der Waals surface area contributed by atoms with Crippen LogP contribution in [0.2, 0.25) is 0 Å². The van der Waals surface area contributed by atoms with Crippen LogP contribution in [0.15, 0.2) is 28.8 Å². The topological polar surface area (TPSA) is 102 Å². The summed E-state index contributed by atoms with van der Waals surface area (Å²) in [6.45, 7) is 5.43. The molecule has 0 saturated carbocycles. The number of nitrogens with zero attached hydrogens (tertiary/aromatic N) is 1. The van der Waals surface area contributed by atoms with Gasteiger partial charge in [-0.15, -0.1) is 0 Å². The van der Waals surface area contributed by atoms with Crippen LogP contribution >= 0.6 is 0 Å². The summed E-state index contributed by atoms with van der Waals surface area (Å²) < 4.78 is 10.8. The minimum Gasteiger partial charge on any atom is -0.488 e. The van der Waals surface area contributed by atoms with Gasteiger partial charge in [0.25, 0.3) is 5.91 Å². The van der Waals surface area contributed by atoms with Crippen molar-refractivity contribution < 1.29 is 24.0 Å². The molecule has 2 N–H and O–H groups in total. The second kappa shape index (κ2) is 7.63. The quantitative estimate of drug-likeness (QED) is 0.807. The van der Waals surface area contributed by atoms with Gasteiger partial charge >= 0.3 is 5.97 Å². The number of hydrogen-bond acceptors (Lipinski definition) is 5. The van der Waals surface area contributed by atoms with Crippen LogP contribution in [0.3, 0.4) is 0 Å². The number of carboxylic acids is 1. The minimum absolute atomic E-state index is 0.0480. The van der Waals surface area contributed by atoms with Crippen molar-refractivity contribution in [2.45, 2.75) is 27.4 Å². The number of carboxylic acid groups (broad SMARTS) is 1. The Bertz CT molecular complexity index is 719. The molecule has 1 heterocycles. The molecule has 7 heteroatoms. The number of benzene rings is 1. The van der Waals surface area contributed by atoms with E-state index >= 15 is 0 Å². The predicted molar refractivity (Wildman–Crippen MR) is 85.9 cm³/mol. The molecule has 0 aliphatic heterocycles. The van der Waals surface area contributed by atoms with Crippen LogP contribution in [0.25, 0.3) is 0 Å². The number of rotatable bonds is 7. The Morgan fingerprint density at radius 1 is 1.33 bits per heavy atom. The van der Waals surface area contributed by atoms with E-state index in [1.54, 1.807) is 31.2 Å². The molecule has 0 spiro atoms. The van der Waals surface area contributed by atoms with Crippen molar-refractivity contribution >= 4 is 11.9 Å². The van der Waals surface area contributed by atoms with Gasteiger partial charge in [-0.1, -0.05) is 24.2 Å². The molecular weight excluding hydrogens is 312 g/mol. The van der Waals surface area contributed by atoms with Crippen LogP contribution in [0.5, 0.6) is 5.75 Å². The fourth-order valence-corrected chi connectivity index (χ4v) is 2.07. The third-order valence-corrected chi connectivity index (χ3v) is 3.68. The Morgan fingerprint density at radius 2 is 2.04 bits per heavy atom. The largest absolute Gasteiger partial charge is 0.488 e. The van der Waals surface area contributed by atoms with Gasteiger partial charge in [0.1, 0.15) is 18.1 Å². The second-order valence-corrected chi connectivity index (χ2v) is 5.54. The number of nitrogens with one attached hydrogen (secondary N) is 1. The monoisotopic (exact) mass is 332 g/mol.